The molecule has 0 atom stereocenters. The van der Waals surface area contributed by atoms with Crippen molar-refractivity contribution >= 4 is 11.8 Å². The average Bonchev–Trinajstić information content (AvgIpc) is 2.17. The van der Waals surface area contributed by atoms with Gasteiger partial charge in [0.1, 0.15) is 6.26 Å². The summed E-state index contributed by atoms with van der Waals surface area (Å²) in [6.07, 6.45) is 6.96. The maximum atomic E-state index is 4.22. The second kappa shape index (κ2) is 6.49. The fourth-order valence-corrected chi connectivity index (χ4v) is 0.136. The van der Waals surface area contributed by atoms with Gasteiger partial charge in [0.05, 0.1) is 6.20 Å². The van der Waals surface area contributed by atoms with Gasteiger partial charge in [-0.2, -0.15) is 11.8 Å². The monoisotopic (exact) mass is 132 g/mol. The van der Waals surface area contributed by atoms with E-state index in [1.807, 2.05) is 12.5 Å². The van der Waals surface area contributed by atoms with Crippen molar-refractivity contribution in [2.45, 2.75) is 0 Å². The summed E-state index contributed by atoms with van der Waals surface area (Å²) >= 11 is 1.75. The molecule has 0 aromatic carbocycles. The summed E-state index contributed by atoms with van der Waals surface area (Å²) in [5.74, 6) is 0. The lowest BCUT2D eigenvalue weighted by molar-refractivity contribution is 0.393. The van der Waals surface area contributed by atoms with Gasteiger partial charge >= 0.3 is 0 Å². The summed E-state index contributed by atoms with van der Waals surface area (Å²) in [4.78, 5) is 0. The van der Waals surface area contributed by atoms with Crippen LogP contribution in [0.5, 0.6) is 0 Å². The Balaban J connectivity index is 0.000000145. The van der Waals surface area contributed by atoms with Crippen molar-refractivity contribution in [3.05, 3.63) is 12.5 Å². The van der Waals surface area contributed by atoms with E-state index in [1.165, 1.54) is 12.5 Å². The number of aromatic nitrogens is 2. The Hall–Kier alpha value is -0.510. The summed E-state index contributed by atoms with van der Waals surface area (Å²) in [7, 11) is 0. The number of hydrogen-bond donors (Lipinski definition) is 0. The Morgan fingerprint density at radius 2 is 2.12 bits per heavy atom. The van der Waals surface area contributed by atoms with Gasteiger partial charge in [-0.15, -0.1) is 5.10 Å². The van der Waals surface area contributed by atoms with Crippen molar-refractivity contribution in [2.75, 3.05) is 12.5 Å². The lowest BCUT2D eigenvalue weighted by atomic mass is 11.0. The summed E-state index contributed by atoms with van der Waals surface area (Å²) in [5, 5.41) is 6.40. The van der Waals surface area contributed by atoms with Crippen molar-refractivity contribution in [3.8, 4) is 0 Å². The van der Waals surface area contributed by atoms with Crippen LogP contribution in [0.1, 0.15) is 0 Å². The van der Waals surface area contributed by atoms with E-state index in [-0.39, 0.29) is 0 Å². The molecular formula is C4H8N2OS. The summed E-state index contributed by atoms with van der Waals surface area (Å²) in [6, 6.07) is 0. The van der Waals surface area contributed by atoms with E-state index >= 15 is 0 Å². The Labute approximate surface area is 52.4 Å². The van der Waals surface area contributed by atoms with Crippen LogP contribution < -0.4 is 0 Å². The molecular weight excluding hydrogens is 124 g/mol. The predicted octanol–water partition coefficient (Wildman–Crippen LogP) is 1.05. The normalized spacial score (nSPS) is 7.25. The van der Waals surface area contributed by atoms with Crippen molar-refractivity contribution in [3.63, 3.8) is 0 Å². The van der Waals surface area contributed by atoms with Gasteiger partial charge in [0.2, 0.25) is 0 Å². The summed E-state index contributed by atoms with van der Waals surface area (Å²) < 4.78 is 4.22. The molecule has 1 heterocycles. The van der Waals surface area contributed by atoms with Crippen LogP contribution in [0.25, 0.3) is 0 Å². The minimum absolute atomic E-state index is 1.40. The van der Waals surface area contributed by atoms with Crippen LogP contribution in [-0.4, -0.2) is 22.9 Å². The molecule has 0 saturated carbocycles. The zero-order valence-electron chi connectivity index (χ0n) is 4.87. The molecule has 46 valence electrons. The minimum atomic E-state index is 1.40. The third-order valence-corrected chi connectivity index (χ3v) is 0.283. The van der Waals surface area contributed by atoms with Gasteiger partial charge in [-0.25, -0.2) is 0 Å². The molecule has 1 aromatic heterocycles. The Bertz CT molecular complexity index is 80.9. The van der Waals surface area contributed by atoms with Crippen LogP contribution in [0.2, 0.25) is 0 Å². The van der Waals surface area contributed by atoms with E-state index in [2.05, 4.69) is 14.9 Å². The van der Waals surface area contributed by atoms with Crippen LogP contribution in [-0.2, 0) is 0 Å². The van der Waals surface area contributed by atoms with Crippen molar-refractivity contribution in [1.82, 2.24) is 10.4 Å². The lowest BCUT2D eigenvalue weighted by Gasteiger charge is -1.51. The molecule has 1 aromatic rings. The van der Waals surface area contributed by atoms with E-state index in [0.717, 1.165) is 0 Å². The number of hydrogen-bond acceptors (Lipinski definition) is 4. The molecule has 0 aliphatic rings. The van der Waals surface area contributed by atoms with E-state index in [9.17, 15) is 0 Å². The quantitative estimate of drug-likeness (QED) is 0.529. The first-order chi connectivity index (χ1) is 3.91. The van der Waals surface area contributed by atoms with E-state index < -0.39 is 0 Å². The first-order valence-corrected chi connectivity index (χ1v) is 3.66. The molecule has 0 aliphatic carbocycles. The fraction of sp³-hybridized carbons (Fsp3) is 0.500. The van der Waals surface area contributed by atoms with Crippen LogP contribution in [0, 0.1) is 0 Å². The minimum Gasteiger partial charge on any atom is -0.346 e. The number of thioether (sulfide) groups is 1. The number of nitrogens with zero attached hydrogens (tertiary/aromatic N) is 2. The van der Waals surface area contributed by atoms with Crippen LogP contribution in [0.15, 0.2) is 17.0 Å². The highest BCUT2D eigenvalue weighted by atomic mass is 32.2. The van der Waals surface area contributed by atoms with Gasteiger partial charge in [0.15, 0.2) is 0 Å². The smallest absolute Gasteiger partial charge is 0.144 e. The molecule has 0 N–H and O–H groups in total. The van der Waals surface area contributed by atoms with Gasteiger partial charge in [0.25, 0.3) is 0 Å². The highest BCUT2D eigenvalue weighted by Crippen LogP contribution is 1.70. The molecule has 8 heavy (non-hydrogen) atoms. The topological polar surface area (TPSA) is 38.9 Å². The standard InChI is InChI=1S/C2H2N2O.C2H6S/c1-2-5-4-3-1;1-3-2/h1-2H;1-2H3. The first-order valence-electron chi connectivity index (χ1n) is 2.03. The SMILES string of the molecule is CSC.c1conn1. The molecule has 4 heteroatoms. The van der Waals surface area contributed by atoms with Gasteiger partial charge in [-0.3, -0.25) is 0 Å². The van der Waals surface area contributed by atoms with Crippen molar-refractivity contribution in [1.29, 1.82) is 0 Å². The molecule has 0 aliphatic heterocycles. The third kappa shape index (κ3) is 5.49. The summed E-state index contributed by atoms with van der Waals surface area (Å²) in [6.45, 7) is 0. The molecule has 0 bridgehead atoms. The Kier molecular flexibility index (Phi) is 6.08. The second-order valence-corrected chi connectivity index (χ2v) is 1.81. The predicted molar refractivity (Wildman–Crippen MR) is 33.7 cm³/mol. The zero-order chi connectivity index (χ0) is 6.24. The molecule has 0 fully saturated rings. The van der Waals surface area contributed by atoms with E-state index in [0.29, 0.717) is 0 Å². The maximum Gasteiger partial charge on any atom is 0.144 e. The van der Waals surface area contributed by atoms with Crippen LogP contribution in [0.3, 0.4) is 0 Å². The average molecular weight is 132 g/mol. The zero-order valence-corrected chi connectivity index (χ0v) is 5.68. The molecule has 0 unspecified atom stereocenters. The molecule has 0 saturated heterocycles. The second-order valence-electron chi connectivity index (χ2n) is 0.996. The Morgan fingerprint density at radius 3 is 2.25 bits per heavy atom. The van der Waals surface area contributed by atoms with Crippen molar-refractivity contribution in [2.24, 2.45) is 0 Å². The van der Waals surface area contributed by atoms with Crippen LogP contribution >= 0.6 is 11.8 Å². The lowest BCUT2D eigenvalue weighted by Crippen LogP contribution is -1.53. The van der Waals surface area contributed by atoms with Crippen molar-refractivity contribution < 1.29 is 4.52 Å². The molecule has 0 radical (unpaired) electrons. The fourth-order valence-electron chi connectivity index (χ4n) is 0.136. The highest BCUT2D eigenvalue weighted by molar-refractivity contribution is 7.97. The van der Waals surface area contributed by atoms with E-state index in [1.54, 1.807) is 11.8 Å². The largest absolute Gasteiger partial charge is 0.346 e. The first kappa shape index (κ1) is 7.49. The number of rotatable bonds is 0. The third-order valence-electron chi connectivity index (χ3n) is 0.283. The maximum absolute atomic E-state index is 4.22. The summed E-state index contributed by atoms with van der Waals surface area (Å²) in [5.41, 5.74) is 0. The van der Waals surface area contributed by atoms with Gasteiger partial charge < -0.3 is 4.52 Å². The highest BCUT2D eigenvalue weighted by Gasteiger charge is 1.61. The molecule has 0 amide bonds. The van der Waals surface area contributed by atoms with Gasteiger partial charge in [-0.05, 0) is 12.5 Å². The van der Waals surface area contributed by atoms with Gasteiger partial charge in [0, 0.05) is 5.27 Å². The molecule has 1 rings (SSSR count). The Morgan fingerprint density at radius 1 is 1.50 bits per heavy atom. The molecule has 0 spiro atoms. The van der Waals surface area contributed by atoms with Gasteiger partial charge in [-0.1, -0.05) is 0 Å². The molecule has 3 nitrogen and oxygen atoms in total. The van der Waals surface area contributed by atoms with Crippen LogP contribution in [0.4, 0.5) is 0 Å². The van der Waals surface area contributed by atoms with E-state index in [4.69, 9.17) is 0 Å².